The lowest BCUT2D eigenvalue weighted by Crippen LogP contribution is -2.32. The fourth-order valence-corrected chi connectivity index (χ4v) is 3.22. The van der Waals surface area contributed by atoms with Gasteiger partial charge in [-0.1, -0.05) is 6.07 Å². The highest BCUT2D eigenvalue weighted by atomic mass is 16.6. The van der Waals surface area contributed by atoms with E-state index in [0.29, 0.717) is 38.6 Å². The normalized spacial score (nSPS) is 18.8. The van der Waals surface area contributed by atoms with Crippen LogP contribution in [-0.2, 0) is 22.7 Å². The predicted molar refractivity (Wildman–Crippen MR) is 91.5 cm³/mol. The molecule has 1 aromatic heterocycles. The largest absolute Gasteiger partial charge is 0.486 e. The molecule has 1 fully saturated rings. The molecule has 1 atom stereocenters. The topological polar surface area (TPSA) is 81.0 Å². The van der Waals surface area contributed by atoms with E-state index < -0.39 is 0 Å². The molecule has 2 aromatic rings. The molecule has 2 aliphatic heterocycles. The Balaban J connectivity index is 1.32. The molecule has 4 rings (SSSR count). The SMILES string of the molecule is O=C(NCc1ccc2c(c1)OCCO2)[C@H]1CC(=O)N(Cc2ccco2)C1. The first-order chi connectivity index (χ1) is 12.7. The Morgan fingerprint density at radius 3 is 2.85 bits per heavy atom. The van der Waals surface area contributed by atoms with Gasteiger partial charge in [-0.25, -0.2) is 0 Å². The quantitative estimate of drug-likeness (QED) is 0.882. The average Bonchev–Trinajstić information content (AvgIpc) is 3.30. The van der Waals surface area contributed by atoms with E-state index in [1.54, 1.807) is 17.2 Å². The molecular formula is C19H20N2O5. The zero-order chi connectivity index (χ0) is 17.9. The van der Waals surface area contributed by atoms with Crippen LogP contribution in [0.2, 0.25) is 0 Å². The number of carbonyl (C=O) groups is 2. The van der Waals surface area contributed by atoms with Gasteiger partial charge in [0.1, 0.15) is 19.0 Å². The van der Waals surface area contributed by atoms with E-state index in [4.69, 9.17) is 13.9 Å². The van der Waals surface area contributed by atoms with Crippen LogP contribution in [0, 0.1) is 5.92 Å². The molecule has 0 spiro atoms. The van der Waals surface area contributed by atoms with E-state index in [9.17, 15) is 9.59 Å². The van der Waals surface area contributed by atoms with Crippen molar-refractivity contribution < 1.29 is 23.5 Å². The van der Waals surface area contributed by atoms with Crippen molar-refractivity contribution in [2.75, 3.05) is 19.8 Å². The maximum atomic E-state index is 12.4. The summed E-state index contributed by atoms with van der Waals surface area (Å²) in [6.45, 7) is 2.27. The number of amides is 2. The number of benzene rings is 1. The highest BCUT2D eigenvalue weighted by molar-refractivity contribution is 5.89. The number of hydrogen-bond acceptors (Lipinski definition) is 5. The molecule has 1 aromatic carbocycles. The van der Waals surface area contributed by atoms with Crippen molar-refractivity contribution in [3.8, 4) is 11.5 Å². The molecule has 26 heavy (non-hydrogen) atoms. The van der Waals surface area contributed by atoms with Crippen molar-refractivity contribution in [1.29, 1.82) is 0 Å². The Kier molecular flexibility index (Phi) is 4.51. The number of hydrogen-bond donors (Lipinski definition) is 1. The van der Waals surface area contributed by atoms with Gasteiger partial charge < -0.3 is 24.1 Å². The standard InChI is InChI=1S/C19H20N2O5/c22-18-9-14(11-21(18)12-15-2-1-5-24-15)19(23)20-10-13-3-4-16-17(8-13)26-7-6-25-16/h1-5,8,14H,6-7,9-12H2,(H,20,23)/t14-/m0/s1. The summed E-state index contributed by atoms with van der Waals surface area (Å²) < 4.78 is 16.3. The first-order valence-electron chi connectivity index (χ1n) is 8.65. The first kappa shape index (κ1) is 16.5. The molecule has 3 heterocycles. The van der Waals surface area contributed by atoms with Crippen LogP contribution in [-0.4, -0.2) is 36.5 Å². The van der Waals surface area contributed by atoms with Crippen molar-refractivity contribution in [3.63, 3.8) is 0 Å². The Labute approximate surface area is 150 Å². The van der Waals surface area contributed by atoms with Crippen molar-refractivity contribution >= 4 is 11.8 Å². The van der Waals surface area contributed by atoms with Crippen LogP contribution >= 0.6 is 0 Å². The minimum atomic E-state index is -0.338. The number of nitrogens with zero attached hydrogens (tertiary/aromatic N) is 1. The smallest absolute Gasteiger partial charge is 0.225 e. The van der Waals surface area contributed by atoms with E-state index in [1.165, 1.54) is 0 Å². The molecule has 1 N–H and O–H groups in total. The second-order valence-electron chi connectivity index (χ2n) is 6.45. The second kappa shape index (κ2) is 7.11. The summed E-state index contributed by atoms with van der Waals surface area (Å²) in [6, 6.07) is 9.23. The number of rotatable bonds is 5. The first-order valence-corrected chi connectivity index (χ1v) is 8.65. The number of ether oxygens (including phenoxy) is 2. The van der Waals surface area contributed by atoms with Gasteiger partial charge in [0.2, 0.25) is 11.8 Å². The van der Waals surface area contributed by atoms with Crippen LogP contribution in [0.25, 0.3) is 0 Å². The van der Waals surface area contributed by atoms with Crippen LogP contribution in [0.4, 0.5) is 0 Å². The van der Waals surface area contributed by atoms with Crippen LogP contribution in [0.3, 0.4) is 0 Å². The summed E-state index contributed by atoms with van der Waals surface area (Å²) >= 11 is 0. The van der Waals surface area contributed by atoms with Gasteiger partial charge in [-0.2, -0.15) is 0 Å². The van der Waals surface area contributed by atoms with E-state index in [1.807, 2.05) is 24.3 Å². The summed E-state index contributed by atoms with van der Waals surface area (Å²) in [5.74, 6) is 1.66. The third kappa shape index (κ3) is 3.51. The predicted octanol–water partition coefficient (Wildman–Crippen LogP) is 1.72. The highest BCUT2D eigenvalue weighted by Gasteiger charge is 2.34. The zero-order valence-electron chi connectivity index (χ0n) is 14.3. The Morgan fingerprint density at radius 1 is 1.19 bits per heavy atom. The fourth-order valence-electron chi connectivity index (χ4n) is 3.22. The third-order valence-corrected chi connectivity index (χ3v) is 4.59. The van der Waals surface area contributed by atoms with Crippen LogP contribution in [0.1, 0.15) is 17.7 Å². The van der Waals surface area contributed by atoms with Crippen LogP contribution in [0.5, 0.6) is 11.5 Å². The lowest BCUT2D eigenvalue weighted by Gasteiger charge is -2.19. The highest BCUT2D eigenvalue weighted by Crippen LogP contribution is 2.30. The van der Waals surface area contributed by atoms with E-state index >= 15 is 0 Å². The second-order valence-corrected chi connectivity index (χ2v) is 6.45. The zero-order valence-corrected chi connectivity index (χ0v) is 14.3. The van der Waals surface area contributed by atoms with Gasteiger partial charge in [-0.05, 0) is 29.8 Å². The molecule has 0 radical (unpaired) electrons. The van der Waals surface area contributed by atoms with Crippen molar-refractivity contribution in [1.82, 2.24) is 10.2 Å². The summed E-state index contributed by atoms with van der Waals surface area (Å²) in [5.41, 5.74) is 0.930. The summed E-state index contributed by atoms with van der Waals surface area (Å²) in [7, 11) is 0. The molecule has 0 saturated carbocycles. The minimum Gasteiger partial charge on any atom is -0.486 e. The van der Waals surface area contributed by atoms with Crippen LogP contribution < -0.4 is 14.8 Å². The molecule has 7 nitrogen and oxygen atoms in total. The molecule has 0 unspecified atom stereocenters. The van der Waals surface area contributed by atoms with Gasteiger partial charge >= 0.3 is 0 Å². The molecule has 2 amide bonds. The number of fused-ring (bicyclic) bond motifs is 1. The Hall–Kier alpha value is -2.96. The van der Waals surface area contributed by atoms with Crippen molar-refractivity contribution in [2.24, 2.45) is 5.92 Å². The van der Waals surface area contributed by atoms with Crippen molar-refractivity contribution in [3.05, 3.63) is 47.9 Å². The summed E-state index contributed by atoms with van der Waals surface area (Å²) in [6.07, 6.45) is 1.81. The van der Waals surface area contributed by atoms with Gasteiger partial charge in [0.15, 0.2) is 11.5 Å². The third-order valence-electron chi connectivity index (χ3n) is 4.59. The van der Waals surface area contributed by atoms with E-state index in [0.717, 1.165) is 17.1 Å². The van der Waals surface area contributed by atoms with Crippen LogP contribution in [0.15, 0.2) is 41.0 Å². The molecular weight excluding hydrogens is 336 g/mol. The molecule has 0 bridgehead atoms. The van der Waals surface area contributed by atoms with E-state index in [-0.39, 0.29) is 24.2 Å². The summed E-state index contributed by atoms with van der Waals surface area (Å²) in [4.78, 5) is 26.2. The number of furan rings is 1. The number of carbonyl (C=O) groups excluding carboxylic acids is 2. The van der Waals surface area contributed by atoms with Gasteiger partial charge in [0.25, 0.3) is 0 Å². The average molecular weight is 356 g/mol. The number of nitrogens with one attached hydrogen (secondary N) is 1. The summed E-state index contributed by atoms with van der Waals surface area (Å²) in [5, 5.41) is 2.91. The Bertz CT molecular complexity index is 802. The number of likely N-dealkylation sites (tertiary alicyclic amines) is 1. The molecule has 1 saturated heterocycles. The molecule has 7 heteroatoms. The maximum Gasteiger partial charge on any atom is 0.225 e. The lowest BCUT2D eigenvalue weighted by molar-refractivity contribution is -0.129. The molecule has 136 valence electrons. The van der Waals surface area contributed by atoms with E-state index in [2.05, 4.69) is 5.32 Å². The van der Waals surface area contributed by atoms with Gasteiger partial charge in [0, 0.05) is 19.5 Å². The molecule has 2 aliphatic rings. The van der Waals surface area contributed by atoms with Gasteiger partial charge in [0.05, 0.1) is 18.7 Å². The van der Waals surface area contributed by atoms with Gasteiger partial charge in [-0.15, -0.1) is 0 Å². The minimum absolute atomic E-state index is 0.0270. The lowest BCUT2D eigenvalue weighted by atomic mass is 10.1. The maximum absolute atomic E-state index is 12.4. The fraction of sp³-hybridized carbons (Fsp3) is 0.368. The Morgan fingerprint density at radius 2 is 2.04 bits per heavy atom. The molecule has 0 aliphatic carbocycles. The monoisotopic (exact) mass is 356 g/mol. The van der Waals surface area contributed by atoms with Crippen molar-refractivity contribution in [2.45, 2.75) is 19.5 Å². The van der Waals surface area contributed by atoms with Gasteiger partial charge in [-0.3, -0.25) is 9.59 Å².